The van der Waals surface area contributed by atoms with E-state index >= 15 is 0 Å². The predicted octanol–water partition coefficient (Wildman–Crippen LogP) is 1.33. The van der Waals surface area contributed by atoms with Gasteiger partial charge in [0.05, 0.1) is 19.3 Å². The zero-order chi connectivity index (χ0) is 10.5. The highest BCUT2D eigenvalue weighted by molar-refractivity contribution is 5.44. The zero-order valence-electron chi connectivity index (χ0n) is 8.69. The van der Waals surface area contributed by atoms with Gasteiger partial charge in [0.1, 0.15) is 6.79 Å². The lowest BCUT2D eigenvalue weighted by Gasteiger charge is -2.00. The number of hydrogen-bond acceptors (Lipinski definition) is 3. The second kappa shape index (κ2) is 5.26. The largest absolute Gasteiger partial charge is 0.391 e. The molecule has 1 aromatic carbocycles. The Morgan fingerprint density at radius 3 is 2.53 bits per heavy atom. The molecule has 0 spiro atoms. The van der Waals surface area contributed by atoms with Crippen molar-refractivity contribution in [3.8, 4) is 0 Å². The molecule has 0 bridgehead atoms. The van der Waals surface area contributed by atoms with E-state index in [1.165, 1.54) is 17.5 Å². The summed E-state index contributed by atoms with van der Waals surface area (Å²) in [6.07, 6.45) is 1.62. The predicted molar refractivity (Wildman–Crippen MR) is 56.6 cm³/mol. The molecule has 1 atom stereocenters. The Morgan fingerprint density at radius 2 is 1.87 bits per heavy atom. The van der Waals surface area contributed by atoms with Crippen molar-refractivity contribution in [2.24, 2.45) is 0 Å². The van der Waals surface area contributed by atoms with Crippen LogP contribution in [0.25, 0.3) is 0 Å². The average Bonchev–Trinajstić information content (AvgIpc) is 3.02. The van der Waals surface area contributed by atoms with Gasteiger partial charge in [0.25, 0.3) is 0 Å². The normalized spacial score (nSPS) is 23.1. The van der Waals surface area contributed by atoms with Crippen LogP contribution in [0.5, 0.6) is 0 Å². The molecule has 3 heteroatoms. The minimum absolute atomic E-state index is 0.322. The van der Waals surface area contributed by atoms with Crippen molar-refractivity contribution < 1.29 is 14.6 Å². The van der Waals surface area contributed by atoms with Crippen LogP contribution in [0.2, 0.25) is 0 Å². The van der Waals surface area contributed by atoms with E-state index < -0.39 is 0 Å². The fourth-order valence-corrected chi connectivity index (χ4v) is 1.44. The van der Waals surface area contributed by atoms with E-state index in [-0.39, 0.29) is 6.10 Å². The number of hydrogen-bond donors (Lipinski definition) is 1. The first-order chi connectivity index (χ1) is 7.36. The number of aliphatic hydroxyl groups excluding tert-OH is 1. The van der Waals surface area contributed by atoms with Crippen LogP contribution in [-0.2, 0) is 15.9 Å². The molecule has 0 radical (unpaired) electrons. The van der Waals surface area contributed by atoms with Gasteiger partial charge in [-0.2, -0.15) is 0 Å². The highest BCUT2D eigenvalue weighted by atomic mass is 16.7. The second-order valence-electron chi connectivity index (χ2n) is 3.78. The van der Waals surface area contributed by atoms with Crippen LogP contribution in [-0.4, -0.2) is 31.2 Å². The number of fused-ring (bicyclic) bond motifs is 1. The molecule has 2 aliphatic rings. The monoisotopic (exact) mass is 208 g/mol. The van der Waals surface area contributed by atoms with Crippen LogP contribution in [0.4, 0.5) is 0 Å². The molecule has 82 valence electrons. The molecule has 1 heterocycles. The molecule has 0 amide bonds. The Morgan fingerprint density at radius 1 is 1.13 bits per heavy atom. The van der Waals surface area contributed by atoms with Crippen molar-refractivity contribution >= 4 is 0 Å². The molecule has 3 nitrogen and oxygen atoms in total. The minimum atomic E-state index is -0.322. The summed E-state index contributed by atoms with van der Waals surface area (Å²) in [4.78, 5) is 0. The summed E-state index contributed by atoms with van der Waals surface area (Å²) in [5.41, 5.74) is 3.06. The number of aliphatic hydroxyl groups is 1. The maximum absolute atomic E-state index is 8.88. The maximum Gasteiger partial charge on any atom is 0.146 e. The first kappa shape index (κ1) is 10.6. The van der Waals surface area contributed by atoms with E-state index in [4.69, 9.17) is 14.6 Å². The van der Waals surface area contributed by atoms with Gasteiger partial charge in [-0.1, -0.05) is 24.3 Å². The van der Waals surface area contributed by atoms with Crippen LogP contribution in [0.15, 0.2) is 24.3 Å². The molecular weight excluding hydrogens is 192 g/mol. The van der Waals surface area contributed by atoms with Gasteiger partial charge < -0.3 is 14.6 Å². The van der Waals surface area contributed by atoms with Gasteiger partial charge in [0.15, 0.2) is 0 Å². The Labute approximate surface area is 89.6 Å². The molecule has 1 saturated heterocycles. The Hall–Kier alpha value is -0.900. The van der Waals surface area contributed by atoms with Gasteiger partial charge in [0, 0.05) is 0 Å². The van der Waals surface area contributed by atoms with Crippen molar-refractivity contribution in [2.45, 2.75) is 18.9 Å². The summed E-state index contributed by atoms with van der Waals surface area (Å²) in [6.45, 7) is 1.36. The molecule has 1 fully saturated rings. The highest BCUT2D eigenvalue weighted by Gasteiger charge is 2.12. The van der Waals surface area contributed by atoms with Gasteiger partial charge in [-0.15, -0.1) is 0 Å². The fraction of sp³-hybridized carbons (Fsp3) is 0.500. The Balaban J connectivity index is 0.000000114. The van der Waals surface area contributed by atoms with Crippen LogP contribution in [0.3, 0.4) is 0 Å². The van der Waals surface area contributed by atoms with Gasteiger partial charge in [0.2, 0.25) is 0 Å². The smallest absolute Gasteiger partial charge is 0.146 e. The summed E-state index contributed by atoms with van der Waals surface area (Å²) < 4.78 is 9.72. The summed E-state index contributed by atoms with van der Waals surface area (Å²) >= 11 is 0. The molecule has 1 aromatic rings. The standard InChI is InChI=1S/C7H6.C5H10O3/c1-2-4-7-5-6(7)3-1;6-5-1-2-7-4-8-3-5/h1-4H,5H2;5-6H,1-4H2/t;5-/m.0/s1. The molecular formula is C12H16O3. The van der Waals surface area contributed by atoms with Crippen molar-refractivity contribution in [1.29, 1.82) is 0 Å². The van der Waals surface area contributed by atoms with Crippen molar-refractivity contribution in [1.82, 2.24) is 0 Å². The molecule has 0 aromatic heterocycles. The third kappa shape index (κ3) is 3.63. The van der Waals surface area contributed by atoms with Crippen molar-refractivity contribution in [3.05, 3.63) is 35.4 Å². The number of ether oxygens (including phenoxy) is 2. The van der Waals surface area contributed by atoms with Gasteiger partial charge in [-0.25, -0.2) is 0 Å². The lowest BCUT2D eigenvalue weighted by Crippen LogP contribution is -2.12. The van der Waals surface area contributed by atoms with Gasteiger partial charge in [-0.05, 0) is 24.0 Å². The first-order valence-electron chi connectivity index (χ1n) is 5.26. The van der Waals surface area contributed by atoms with Crippen LogP contribution < -0.4 is 0 Å². The van der Waals surface area contributed by atoms with Crippen LogP contribution >= 0.6 is 0 Å². The summed E-state index contributed by atoms with van der Waals surface area (Å²) in [6, 6.07) is 8.53. The lowest BCUT2D eigenvalue weighted by atomic mass is 10.3. The summed E-state index contributed by atoms with van der Waals surface area (Å²) in [7, 11) is 0. The third-order valence-electron chi connectivity index (χ3n) is 2.45. The first-order valence-corrected chi connectivity index (χ1v) is 5.26. The van der Waals surface area contributed by atoms with E-state index in [9.17, 15) is 0 Å². The van der Waals surface area contributed by atoms with Crippen LogP contribution in [0, 0.1) is 0 Å². The van der Waals surface area contributed by atoms with E-state index in [2.05, 4.69) is 24.3 Å². The van der Waals surface area contributed by atoms with E-state index in [0.29, 0.717) is 26.4 Å². The minimum Gasteiger partial charge on any atom is -0.391 e. The summed E-state index contributed by atoms with van der Waals surface area (Å²) in [5.74, 6) is 0. The molecule has 1 aliphatic heterocycles. The second-order valence-corrected chi connectivity index (χ2v) is 3.78. The van der Waals surface area contributed by atoms with Crippen molar-refractivity contribution in [3.63, 3.8) is 0 Å². The zero-order valence-corrected chi connectivity index (χ0v) is 8.69. The average molecular weight is 208 g/mol. The Bertz CT molecular complexity index is 282. The lowest BCUT2D eigenvalue weighted by molar-refractivity contribution is -0.0420. The molecule has 0 saturated carbocycles. The maximum atomic E-state index is 8.88. The molecule has 0 unspecified atom stereocenters. The molecule has 3 rings (SSSR count). The quantitative estimate of drug-likeness (QED) is 0.710. The summed E-state index contributed by atoms with van der Waals surface area (Å²) in [5, 5.41) is 8.88. The SMILES string of the molecule is O[C@H]1CCOCOC1.c1ccc2c(c1)C2. The molecule has 1 N–H and O–H groups in total. The van der Waals surface area contributed by atoms with Crippen LogP contribution in [0.1, 0.15) is 17.5 Å². The van der Waals surface area contributed by atoms with E-state index in [0.717, 1.165) is 0 Å². The fourth-order valence-electron chi connectivity index (χ4n) is 1.44. The topological polar surface area (TPSA) is 38.7 Å². The van der Waals surface area contributed by atoms with Crippen molar-refractivity contribution in [2.75, 3.05) is 20.0 Å². The highest BCUT2D eigenvalue weighted by Crippen LogP contribution is 2.25. The molecule has 15 heavy (non-hydrogen) atoms. The number of rotatable bonds is 0. The Kier molecular flexibility index (Phi) is 3.72. The molecule has 1 aliphatic carbocycles. The van der Waals surface area contributed by atoms with Gasteiger partial charge in [-0.3, -0.25) is 0 Å². The third-order valence-corrected chi connectivity index (χ3v) is 2.45. The van der Waals surface area contributed by atoms with Gasteiger partial charge >= 0.3 is 0 Å². The number of benzene rings is 1. The van der Waals surface area contributed by atoms with E-state index in [1.54, 1.807) is 0 Å². The van der Waals surface area contributed by atoms with E-state index in [1.807, 2.05) is 0 Å².